The number of anilines is 2. The molecule has 5 rings (SSSR count). The second-order valence-corrected chi connectivity index (χ2v) is 10.8. The number of hydrogen-bond donors (Lipinski definition) is 1. The Morgan fingerprint density at radius 3 is 2.56 bits per heavy atom. The normalized spacial score (nSPS) is 17.7. The molecule has 2 aromatic carbocycles. The van der Waals surface area contributed by atoms with E-state index in [0.29, 0.717) is 18.9 Å². The molecule has 0 spiro atoms. The molecule has 0 atom stereocenters. The minimum absolute atomic E-state index is 0.00888. The number of aromatic nitrogens is 1. The molecule has 1 amide bonds. The van der Waals surface area contributed by atoms with Gasteiger partial charge in [-0.05, 0) is 43.2 Å². The first-order valence-electron chi connectivity index (χ1n) is 10.7. The van der Waals surface area contributed by atoms with Gasteiger partial charge < -0.3 is 15.0 Å². The number of fused-ring (bicyclic) bond motifs is 1. The quantitative estimate of drug-likeness (QED) is 0.613. The minimum Gasteiger partial charge on any atom is -0.379 e. The summed E-state index contributed by atoms with van der Waals surface area (Å²) in [6.07, 6.45) is 2.37. The first-order chi connectivity index (χ1) is 15.5. The number of benzene rings is 2. The van der Waals surface area contributed by atoms with Crippen molar-refractivity contribution in [3.05, 3.63) is 48.0 Å². The molecule has 2 saturated heterocycles. The summed E-state index contributed by atoms with van der Waals surface area (Å²) in [6, 6.07) is 11.9. The van der Waals surface area contributed by atoms with Gasteiger partial charge in [-0.1, -0.05) is 23.5 Å². The van der Waals surface area contributed by atoms with E-state index in [9.17, 15) is 13.2 Å². The number of carbonyl (C=O) groups excluding carboxylic acids is 1. The molecule has 0 radical (unpaired) electrons. The van der Waals surface area contributed by atoms with Gasteiger partial charge in [-0.25, -0.2) is 13.4 Å². The summed E-state index contributed by atoms with van der Waals surface area (Å²) in [4.78, 5) is 20.1. The third-order valence-electron chi connectivity index (χ3n) is 5.73. The van der Waals surface area contributed by atoms with Crippen LogP contribution in [-0.4, -0.2) is 63.0 Å². The number of morpholine rings is 1. The van der Waals surface area contributed by atoms with Crippen molar-refractivity contribution >= 4 is 48.3 Å². The van der Waals surface area contributed by atoms with Gasteiger partial charge in [0.25, 0.3) is 5.91 Å². The zero-order valence-corrected chi connectivity index (χ0v) is 19.1. The molecule has 10 heteroatoms. The smallest absolute Gasteiger partial charge is 0.257 e. The fourth-order valence-corrected chi connectivity index (χ4v) is 6.69. The lowest BCUT2D eigenvalue weighted by Crippen LogP contribution is -2.41. The van der Waals surface area contributed by atoms with Crippen molar-refractivity contribution in [3.63, 3.8) is 0 Å². The Hall–Kier alpha value is -2.53. The van der Waals surface area contributed by atoms with Crippen molar-refractivity contribution in [1.29, 1.82) is 0 Å². The summed E-state index contributed by atoms with van der Waals surface area (Å²) in [7, 11) is -3.79. The van der Waals surface area contributed by atoms with Crippen LogP contribution in [0.3, 0.4) is 0 Å². The van der Waals surface area contributed by atoms with Crippen molar-refractivity contribution in [2.24, 2.45) is 0 Å². The van der Waals surface area contributed by atoms with E-state index in [-0.39, 0.29) is 23.5 Å². The van der Waals surface area contributed by atoms with Crippen LogP contribution >= 0.6 is 11.3 Å². The lowest BCUT2D eigenvalue weighted by Gasteiger charge is -2.26. The molecule has 2 fully saturated rings. The largest absolute Gasteiger partial charge is 0.379 e. The van der Waals surface area contributed by atoms with Gasteiger partial charge in [-0.3, -0.25) is 4.79 Å². The molecule has 1 N–H and O–H groups in total. The fraction of sp³-hybridized carbons (Fsp3) is 0.364. The Morgan fingerprint density at radius 1 is 1.03 bits per heavy atom. The first kappa shape index (κ1) is 21.3. The predicted molar refractivity (Wildman–Crippen MR) is 125 cm³/mol. The second kappa shape index (κ2) is 8.78. The molecule has 0 unspecified atom stereocenters. The van der Waals surface area contributed by atoms with E-state index in [0.717, 1.165) is 28.4 Å². The zero-order valence-electron chi connectivity index (χ0n) is 17.5. The average Bonchev–Trinajstić information content (AvgIpc) is 3.49. The van der Waals surface area contributed by atoms with E-state index in [1.54, 1.807) is 35.6 Å². The zero-order chi connectivity index (χ0) is 22.1. The molecular formula is C22H24N4O4S2. The molecule has 8 nitrogen and oxygen atoms in total. The molecule has 1 aromatic heterocycles. The Balaban J connectivity index is 1.40. The standard InChI is InChI=1S/C22H24N4O4S2/c27-21(17-5-1-2-6-20(17)32(28,29)26-11-13-30-14-12-26)23-16-7-8-18-19(15-16)31-22(24-18)25-9-3-4-10-25/h1-2,5-8,15H,3-4,9-14H2,(H,23,27). The molecular weight excluding hydrogens is 448 g/mol. The maximum atomic E-state index is 13.1. The lowest BCUT2D eigenvalue weighted by atomic mass is 10.2. The van der Waals surface area contributed by atoms with Gasteiger partial charge in [0.05, 0.1) is 33.9 Å². The molecule has 3 aromatic rings. The maximum Gasteiger partial charge on any atom is 0.257 e. The second-order valence-electron chi connectivity index (χ2n) is 7.84. The topological polar surface area (TPSA) is 91.8 Å². The number of sulfonamides is 1. The highest BCUT2D eigenvalue weighted by Gasteiger charge is 2.30. The number of thiazole rings is 1. The van der Waals surface area contributed by atoms with Gasteiger partial charge in [0.15, 0.2) is 5.13 Å². The number of rotatable bonds is 5. The van der Waals surface area contributed by atoms with E-state index in [4.69, 9.17) is 9.72 Å². The van der Waals surface area contributed by atoms with Gasteiger partial charge in [0, 0.05) is 31.9 Å². The third-order valence-corrected chi connectivity index (χ3v) is 8.77. The van der Waals surface area contributed by atoms with Gasteiger partial charge in [0.2, 0.25) is 10.0 Å². The number of ether oxygens (including phenoxy) is 1. The summed E-state index contributed by atoms with van der Waals surface area (Å²) < 4.78 is 33.9. The number of nitrogens with one attached hydrogen (secondary N) is 1. The SMILES string of the molecule is O=C(Nc1ccc2nc(N3CCCC3)sc2c1)c1ccccc1S(=O)(=O)N1CCOCC1. The monoisotopic (exact) mass is 472 g/mol. The molecule has 0 bridgehead atoms. The van der Waals surface area contributed by atoms with Crippen molar-refractivity contribution < 1.29 is 17.9 Å². The highest BCUT2D eigenvalue weighted by molar-refractivity contribution is 7.89. The average molecular weight is 473 g/mol. The van der Waals surface area contributed by atoms with Gasteiger partial charge >= 0.3 is 0 Å². The summed E-state index contributed by atoms with van der Waals surface area (Å²) >= 11 is 1.61. The van der Waals surface area contributed by atoms with Crippen LogP contribution in [0.2, 0.25) is 0 Å². The van der Waals surface area contributed by atoms with Crippen LogP contribution in [0.5, 0.6) is 0 Å². The number of hydrogen-bond acceptors (Lipinski definition) is 7. The van der Waals surface area contributed by atoms with E-state index in [2.05, 4.69) is 10.2 Å². The Labute approximate surface area is 190 Å². The van der Waals surface area contributed by atoms with Crippen molar-refractivity contribution in [3.8, 4) is 0 Å². The van der Waals surface area contributed by atoms with Gasteiger partial charge in [-0.15, -0.1) is 0 Å². The lowest BCUT2D eigenvalue weighted by molar-refractivity contribution is 0.0730. The predicted octanol–water partition coefficient (Wildman–Crippen LogP) is 3.17. The number of carbonyl (C=O) groups is 1. The third kappa shape index (κ3) is 4.11. The van der Waals surface area contributed by atoms with Crippen LogP contribution in [-0.2, 0) is 14.8 Å². The summed E-state index contributed by atoms with van der Waals surface area (Å²) in [5, 5.41) is 3.87. The van der Waals surface area contributed by atoms with E-state index in [1.165, 1.54) is 23.2 Å². The van der Waals surface area contributed by atoms with Gasteiger partial charge in [0.1, 0.15) is 0 Å². The van der Waals surface area contributed by atoms with Crippen LogP contribution in [0.1, 0.15) is 23.2 Å². The Bertz CT molecular complexity index is 1250. The molecule has 0 aliphatic carbocycles. The summed E-state index contributed by atoms with van der Waals surface area (Å²) in [6.45, 7) is 3.30. The molecule has 168 valence electrons. The van der Waals surface area contributed by atoms with Crippen LogP contribution in [0.25, 0.3) is 10.2 Å². The number of nitrogens with zero attached hydrogens (tertiary/aromatic N) is 3. The van der Waals surface area contributed by atoms with E-state index in [1.807, 2.05) is 12.1 Å². The number of amides is 1. The van der Waals surface area contributed by atoms with Crippen molar-refractivity contribution in [2.75, 3.05) is 49.6 Å². The van der Waals surface area contributed by atoms with E-state index < -0.39 is 15.9 Å². The molecule has 0 saturated carbocycles. The molecule has 2 aliphatic rings. The Kier molecular flexibility index (Phi) is 5.85. The van der Waals surface area contributed by atoms with Crippen LogP contribution in [0.4, 0.5) is 10.8 Å². The van der Waals surface area contributed by atoms with Crippen molar-refractivity contribution in [1.82, 2.24) is 9.29 Å². The summed E-state index contributed by atoms with van der Waals surface area (Å²) in [5.41, 5.74) is 1.63. The van der Waals surface area contributed by atoms with Crippen LogP contribution in [0, 0.1) is 0 Å². The van der Waals surface area contributed by atoms with Crippen molar-refractivity contribution in [2.45, 2.75) is 17.7 Å². The first-order valence-corrected chi connectivity index (χ1v) is 12.9. The highest BCUT2D eigenvalue weighted by Crippen LogP contribution is 2.32. The molecule has 32 heavy (non-hydrogen) atoms. The maximum absolute atomic E-state index is 13.1. The highest BCUT2D eigenvalue weighted by atomic mass is 32.2. The van der Waals surface area contributed by atoms with Crippen LogP contribution < -0.4 is 10.2 Å². The molecule has 3 heterocycles. The Morgan fingerprint density at radius 2 is 1.78 bits per heavy atom. The molecule has 2 aliphatic heterocycles. The van der Waals surface area contributed by atoms with E-state index >= 15 is 0 Å². The fourth-order valence-electron chi connectivity index (χ4n) is 4.04. The van der Waals surface area contributed by atoms with Gasteiger partial charge in [-0.2, -0.15) is 4.31 Å². The summed E-state index contributed by atoms with van der Waals surface area (Å²) in [5.74, 6) is -0.457. The van der Waals surface area contributed by atoms with Crippen LogP contribution in [0.15, 0.2) is 47.4 Å². The minimum atomic E-state index is -3.79.